The molecule has 0 amide bonds. The molecule has 1 aliphatic heterocycles. The Labute approximate surface area is 159 Å². The summed E-state index contributed by atoms with van der Waals surface area (Å²) in [5.74, 6) is 0.787. The molecule has 0 aromatic carbocycles. The lowest BCUT2D eigenvalue weighted by Crippen LogP contribution is -2.19. The minimum absolute atomic E-state index is 0.380. The molecule has 2 atom stereocenters. The van der Waals surface area contributed by atoms with E-state index < -0.39 is 6.10 Å². The number of hydrogen-bond donors (Lipinski definition) is 1. The molecule has 6 heteroatoms. The van der Waals surface area contributed by atoms with Crippen molar-refractivity contribution in [3.05, 3.63) is 53.4 Å². The fourth-order valence-corrected chi connectivity index (χ4v) is 4.34. The van der Waals surface area contributed by atoms with Crippen molar-refractivity contribution in [2.75, 3.05) is 13.6 Å². The van der Waals surface area contributed by atoms with Crippen molar-refractivity contribution in [1.29, 1.82) is 0 Å². The Morgan fingerprint density at radius 2 is 2.15 bits per heavy atom. The maximum absolute atomic E-state index is 10.8. The third kappa shape index (κ3) is 3.24. The van der Waals surface area contributed by atoms with Crippen molar-refractivity contribution in [3.8, 4) is 0 Å². The van der Waals surface area contributed by atoms with E-state index in [-0.39, 0.29) is 0 Å². The molecule has 2 unspecified atom stereocenters. The Bertz CT molecular complexity index is 937. The number of aromatic nitrogens is 4. The van der Waals surface area contributed by atoms with Gasteiger partial charge in [-0.3, -0.25) is 9.88 Å². The number of likely N-dealkylation sites (tertiary alicyclic amines) is 1. The number of pyridine rings is 1. The average molecular weight is 365 g/mol. The smallest absolute Gasteiger partial charge is 0.126 e. The van der Waals surface area contributed by atoms with Crippen molar-refractivity contribution < 1.29 is 5.11 Å². The minimum atomic E-state index is -0.664. The highest BCUT2D eigenvalue weighted by Gasteiger charge is 2.30. The molecular formula is C21H27N5O. The summed E-state index contributed by atoms with van der Waals surface area (Å²) in [5.41, 5.74) is 5.29. The van der Waals surface area contributed by atoms with Gasteiger partial charge in [0.05, 0.1) is 29.5 Å². The van der Waals surface area contributed by atoms with E-state index in [1.54, 1.807) is 6.20 Å². The van der Waals surface area contributed by atoms with Crippen LogP contribution in [0.4, 0.5) is 0 Å². The lowest BCUT2D eigenvalue weighted by Gasteiger charge is -2.21. The molecule has 6 nitrogen and oxygen atoms in total. The topological polar surface area (TPSA) is 67.1 Å². The predicted molar refractivity (Wildman–Crippen MR) is 105 cm³/mol. The zero-order valence-electron chi connectivity index (χ0n) is 16.3. The van der Waals surface area contributed by atoms with Gasteiger partial charge in [0.25, 0.3) is 0 Å². The first kappa shape index (κ1) is 18.1. The Balaban J connectivity index is 1.84. The second-order valence-corrected chi connectivity index (χ2v) is 7.38. The first-order valence-corrected chi connectivity index (χ1v) is 9.74. The summed E-state index contributed by atoms with van der Waals surface area (Å²) >= 11 is 0. The summed E-state index contributed by atoms with van der Waals surface area (Å²) in [6.07, 6.45) is 6.21. The van der Waals surface area contributed by atoms with Crippen molar-refractivity contribution >= 4 is 11.0 Å². The summed E-state index contributed by atoms with van der Waals surface area (Å²) in [6.45, 7) is 5.69. The molecule has 0 spiro atoms. The molecule has 142 valence electrons. The van der Waals surface area contributed by atoms with Crippen LogP contribution in [0.2, 0.25) is 0 Å². The minimum Gasteiger partial charge on any atom is -0.385 e. The number of aliphatic hydroxyl groups is 1. The number of aryl methyl sites for hydroxylation is 1. The molecule has 4 heterocycles. The standard InChI is InChI=1S/C21H27N5O/c1-4-16-20(17-9-7-11-25(17)3)21-18(12-23-14(2)24-21)26(16)13-19(27)15-8-5-6-10-22-15/h5-6,8,10,12,17,19,27H,4,7,9,11,13H2,1-3H3. The number of rotatable bonds is 5. The summed E-state index contributed by atoms with van der Waals surface area (Å²) in [6, 6.07) is 6.02. The second kappa shape index (κ2) is 7.37. The highest BCUT2D eigenvalue weighted by molar-refractivity contribution is 5.81. The lowest BCUT2D eigenvalue weighted by atomic mass is 10.0. The van der Waals surface area contributed by atoms with Crippen molar-refractivity contribution in [1.82, 2.24) is 24.4 Å². The van der Waals surface area contributed by atoms with Crippen LogP contribution in [0.5, 0.6) is 0 Å². The van der Waals surface area contributed by atoms with Gasteiger partial charge in [-0.1, -0.05) is 13.0 Å². The van der Waals surface area contributed by atoms with Gasteiger partial charge in [0.1, 0.15) is 11.9 Å². The first-order valence-electron chi connectivity index (χ1n) is 9.74. The third-order valence-electron chi connectivity index (χ3n) is 5.65. The SMILES string of the molecule is CCc1c(C2CCCN2C)c2nc(C)ncc2n1CC(O)c1ccccn1. The Hall–Kier alpha value is -2.31. The number of nitrogens with zero attached hydrogens (tertiary/aromatic N) is 5. The van der Waals surface area contributed by atoms with Gasteiger partial charge in [-0.25, -0.2) is 9.97 Å². The normalized spacial score (nSPS) is 19.0. The Kier molecular flexibility index (Phi) is 4.93. The van der Waals surface area contributed by atoms with E-state index in [9.17, 15) is 5.11 Å². The quantitative estimate of drug-likeness (QED) is 0.752. The van der Waals surface area contributed by atoms with Crippen LogP contribution in [0, 0.1) is 6.92 Å². The molecule has 4 rings (SSSR count). The average Bonchev–Trinajstić information content (AvgIpc) is 3.22. The third-order valence-corrected chi connectivity index (χ3v) is 5.65. The monoisotopic (exact) mass is 365 g/mol. The molecule has 0 saturated carbocycles. The molecular weight excluding hydrogens is 338 g/mol. The van der Waals surface area contributed by atoms with Gasteiger partial charge < -0.3 is 9.67 Å². The van der Waals surface area contributed by atoms with E-state index in [1.807, 2.05) is 31.3 Å². The summed E-state index contributed by atoms with van der Waals surface area (Å²) < 4.78 is 2.20. The van der Waals surface area contributed by atoms with E-state index in [4.69, 9.17) is 4.98 Å². The number of aliphatic hydroxyl groups excluding tert-OH is 1. The summed E-state index contributed by atoms with van der Waals surface area (Å²) in [7, 11) is 2.19. The van der Waals surface area contributed by atoms with Crippen molar-refractivity contribution in [2.24, 2.45) is 0 Å². The molecule has 1 aliphatic rings. The van der Waals surface area contributed by atoms with E-state index in [2.05, 4.69) is 33.4 Å². The Morgan fingerprint density at radius 1 is 1.30 bits per heavy atom. The van der Waals surface area contributed by atoms with Gasteiger partial charge in [-0.2, -0.15) is 0 Å². The van der Waals surface area contributed by atoms with E-state index in [0.717, 1.165) is 36.2 Å². The van der Waals surface area contributed by atoms with Crippen LogP contribution in [-0.4, -0.2) is 43.1 Å². The molecule has 27 heavy (non-hydrogen) atoms. The van der Waals surface area contributed by atoms with Gasteiger partial charge in [0.15, 0.2) is 0 Å². The lowest BCUT2D eigenvalue weighted by molar-refractivity contribution is 0.152. The van der Waals surface area contributed by atoms with Crippen LogP contribution in [0.1, 0.15) is 54.7 Å². The number of fused-ring (bicyclic) bond motifs is 1. The van der Waals surface area contributed by atoms with E-state index >= 15 is 0 Å². The highest BCUT2D eigenvalue weighted by atomic mass is 16.3. The van der Waals surface area contributed by atoms with Gasteiger partial charge in [0, 0.05) is 23.5 Å². The van der Waals surface area contributed by atoms with Crippen LogP contribution < -0.4 is 0 Å². The maximum Gasteiger partial charge on any atom is 0.126 e. The maximum atomic E-state index is 10.8. The molecule has 0 aliphatic carbocycles. The van der Waals surface area contributed by atoms with Gasteiger partial charge in [-0.05, 0) is 51.9 Å². The molecule has 1 fully saturated rings. The van der Waals surface area contributed by atoms with Crippen LogP contribution >= 0.6 is 0 Å². The summed E-state index contributed by atoms with van der Waals surface area (Å²) in [4.78, 5) is 16.0. The Morgan fingerprint density at radius 3 is 2.81 bits per heavy atom. The van der Waals surface area contributed by atoms with E-state index in [1.165, 1.54) is 17.7 Å². The zero-order valence-corrected chi connectivity index (χ0v) is 16.3. The summed E-state index contributed by atoms with van der Waals surface area (Å²) in [5, 5.41) is 10.8. The molecule has 1 N–H and O–H groups in total. The second-order valence-electron chi connectivity index (χ2n) is 7.38. The molecule has 1 saturated heterocycles. The fraction of sp³-hybridized carbons (Fsp3) is 0.476. The van der Waals surface area contributed by atoms with E-state index in [0.29, 0.717) is 18.3 Å². The molecule has 0 radical (unpaired) electrons. The molecule has 3 aromatic heterocycles. The predicted octanol–water partition coefficient (Wildman–Crippen LogP) is 3.20. The number of hydrogen-bond acceptors (Lipinski definition) is 5. The van der Waals surface area contributed by atoms with Crippen molar-refractivity contribution in [2.45, 2.75) is 51.8 Å². The van der Waals surface area contributed by atoms with Crippen LogP contribution in [0.3, 0.4) is 0 Å². The van der Waals surface area contributed by atoms with Crippen LogP contribution in [0.25, 0.3) is 11.0 Å². The fourth-order valence-electron chi connectivity index (χ4n) is 4.34. The zero-order chi connectivity index (χ0) is 19.0. The van der Waals surface area contributed by atoms with Crippen LogP contribution in [-0.2, 0) is 13.0 Å². The largest absolute Gasteiger partial charge is 0.385 e. The molecule has 3 aromatic rings. The molecule has 0 bridgehead atoms. The van der Waals surface area contributed by atoms with Gasteiger partial charge in [0.2, 0.25) is 0 Å². The van der Waals surface area contributed by atoms with Crippen molar-refractivity contribution in [3.63, 3.8) is 0 Å². The highest BCUT2D eigenvalue weighted by Crippen LogP contribution is 2.39. The van der Waals surface area contributed by atoms with Gasteiger partial charge in [-0.15, -0.1) is 0 Å². The van der Waals surface area contributed by atoms with Gasteiger partial charge >= 0.3 is 0 Å². The van der Waals surface area contributed by atoms with Crippen LogP contribution in [0.15, 0.2) is 30.6 Å². The first-order chi connectivity index (χ1) is 13.1.